The van der Waals surface area contributed by atoms with E-state index in [0.29, 0.717) is 21.8 Å². The van der Waals surface area contributed by atoms with E-state index in [1.807, 2.05) is 35.7 Å². The molecule has 148 valence electrons. The molecule has 4 rings (SSSR count). The number of anilines is 1. The Hall–Kier alpha value is -3.57. The number of aryl methyl sites for hydroxylation is 1. The molecule has 1 amide bonds. The van der Waals surface area contributed by atoms with Crippen LogP contribution in [0.25, 0.3) is 11.3 Å². The van der Waals surface area contributed by atoms with Crippen LogP contribution < -0.4 is 5.32 Å². The molecule has 0 spiro atoms. The van der Waals surface area contributed by atoms with Crippen LogP contribution in [0.15, 0.2) is 84.2 Å². The largest absolute Gasteiger partial charge is 0.298 e. The molecule has 3 aromatic carbocycles. The number of hydrogen-bond acceptors (Lipinski definition) is 4. The standard InChI is InChI=1S/C25H20N2O2S/c1-2-17-8-10-18(11-9-17)22-16-30-25(26-22)27-24(29)21-14-12-20(13-15-21)23(28)19-6-4-3-5-7-19/h3-16H,2H2,1H3,(H,26,27,29). The van der Waals surface area contributed by atoms with Gasteiger partial charge in [0.1, 0.15) is 0 Å². The molecule has 1 aromatic heterocycles. The van der Waals surface area contributed by atoms with Gasteiger partial charge in [-0.1, -0.05) is 73.7 Å². The van der Waals surface area contributed by atoms with E-state index < -0.39 is 0 Å². The minimum absolute atomic E-state index is 0.0683. The maximum absolute atomic E-state index is 12.6. The molecule has 4 aromatic rings. The molecular formula is C25H20N2O2S. The third kappa shape index (κ3) is 4.36. The Morgan fingerprint density at radius 1 is 0.833 bits per heavy atom. The van der Waals surface area contributed by atoms with Gasteiger partial charge in [0.15, 0.2) is 10.9 Å². The van der Waals surface area contributed by atoms with Gasteiger partial charge in [-0.2, -0.15) is 0 Å². The van der Waals surface area contributed by atoms with Crippen LogP contribution in [0.1, 0.15) is 38.8 Å². The Morgan fingerprint density at radius 3 is 2.13 bits per heavy atom. The number of hydrogen-bond donors (Lipinski definition) is 1. The minimum atomic E-state index is -0.254. The zero-order chi connectivity index (χ0) is 20.9. The second-order valence-electron chi connectivity index (χ2n) is 6.81. The number of thiazole rings is 1. The number of aromatic nitrogens is 1. The lowest BCUT2D eigenvalue weighted by molar-refractivity contribution is 0.102. The van der Waals surface area contributed by atoms with E-state index in [1.54, 1.807) is 36.4 Å². The van der Waals surface area contributed by atoms with Crippen molar-refractivity contribution in [2.24, 2.45) is 0 Å². The summed E-state index contributed by atoms with van der Waals surface area (Å²) in [4.78, 5) is 29.6. The number of carbonyl (C=O) groups excluding carboxylic acids is 2. The molecule has 0 bridgehead atoms. The predicted octanol–water partition coefficient (Wildman–Crippen LogP) is 5.86. The molecule has 1 N–H and O–H groups in total. The average molecular weight is 413 g/mol. The average Bonchev–Trinajstić information content (AvgIpc) is 3.27. The van der Waals surface area contributed by atoms with E-state index in [1.165, 1.54) is 16.9 Å². The van der Waals surface area contributed by atoms with Crippen LogP contribution in [0.2, 0.25) is 0 Å². The Morgan fingerprint density at radius 2 is 1.47 bits per heavy atom. The van der Waals surface area contributed by atoms with Gasteiger partial charge in [0.2, 0.25) is 0 Å². The van der Waals surface area contributed by atoms with Gasteiger partial charge in [0, 0.05) is 27.6 Å². The third-order valence-corrected chi connectivity index (χ3v) is 5.59. The van der Waals surface area contributed by atoms with E-state index in [4.69, 9.17) is 0 Å². The van der Waals surface area contributed by atoms with Crippen LogP contribution in [-0.4, -0.2) is 16.7 Å². The highest BCUT2D eigenvalue weighted by Gasteiger charge is 2.12. The number of nitrogens with one attached hydrogen (secondary N) is 1. The molecule has 5 heteroatoms. The van der Waals surface area contributed by atoms with Crippen molar-refractivity contribution in [2.45, 2.75) is 13.3 Å². The van der Waals surface area contributed by atoms with Gasteiger partial charge in [-0.15, -0.1) is 11.3 Å². The summed E-state index contributed by atoms with van der Waals surface area (Å²) in [5.41, 5.74) is 4.77. The highest BCUT2D eigenvalue weighted by Crippen LogP contribution is 2.25. The summed E-state index contributed by atoms with van der Waals surface area (Å²) in [5.74, 6) is -0.322. The number of carbonyl (C=O) groups is 2. The van der Waals surface area contributed by atoms with E-state index in [0.717, 1.165) is 17.7 Å². The molecule has 0 aliphatic carbocycles. The van der Waals surface area contributed by atoms with Gasteiger partial charge in [0.25, 0.3) is 5.91 Å². The zero-order valence-electron chi connectivity index (χ0n) is 16.5. The smallest absolute Gasteiger partial charge is 0.257 e. The molecule has 0 aliphatic heterocycles. The fourth-order valence-corrected chi connectivity index (χ4v) is 3.79. The Balaban J connectivity index is 1.44. The highest BCUT2D eigenvalue weighted by molar-refractivity contribution is 7.14. The monoisotopic (exact) mass is 412 g/mol. The first-order valence-corrected chi connectivity index (χ1v) is 10.6. The maximum Gasteiger partial charge on any atom is 0.257 e. The quantitative estimate of drug-likeness (QED) is 0.404. The van der Waals surface area contributed by atoms with Crippen molar-refractivity contribution < 1.29 is 9.59 Å². The summed E-state index contributed by atoms with van der Waals surface area (Å²) in [7, 11) is 0. The molecule has 0 radical (unpaired) electrons. The van der Waals surface area contributed by atoms with E-state index >= 15 is 0 Å². The molecule has 0 aliphatic rings. The van der Waals surface area contributed by atoms with Crippen LogP contribution in [0.5, 0.6) is 0 Å². The molecule has 1 heterocycles. The number of nitrogens with zero attached hydrogens (tertiary/aromatic N) is 1. The van der Waals surface area contributed by atoms with Crippen LogP contribution in [0.3, 0.4) is 0 Å². The fraction of sp³-hybridized carbons (Fsp3) is 0.0800. The summed E-state index contributed by atoms with van der Waals surface area (Å²) in [5, 5.41) is 5.30. The lowest BCUT2D eigenvalue weighted by Gasteiger charge is -2.04. The van der Waals surface area contributed by atoms with Crippen LogP contribution in [-0.2, 0) is 6.42 Å². The van der Waals surface area contributed by atoms with Crippen molar-refractivity contribution in [3.05, 3.63) is 106 Å². The summed E-state index contributed by atoms with van der Waals surface area (Å²) in [6.07, 6.45) is 0.994. The first kappa shape index (κ1) is 19.7. The number of amides is 1. The van der Waals surface area contributed by atoms with Gasteiger partial charge in [-0.05, 0) is 24.1 Å². The summed E-state index contributed by atoms with van der Waals surface area (Å²) >= 11 is 1.39. The van der Waals surface area contributed by atoms with Gasteiger partial charge < -0.3 is 0 Å². The van der Waals surface area contributed by atoms with Gasteiger partial charge in [-0.3, -0.25) is 14.9 Å². The van der Waals surface area contributed by atoms with Crippen LogP contribution >= 0.6 is 11.3 Å². The Kier molecular flexibility index (Phi) is 5.82. The molecular weight excluding hydrogens is 392 g/mol. The molecule has 0 atom stereocenters. The van der Waals surface area contributed by atoms with E-state index in [-0.39, 0.29) is 11.7 Å². The van der Waals surface area contributed by atoms with Crippen LogP contribution in [0.4, 0.5) is 5.13 Å². The summed E-state index contributed by atoms with van der Waals surface area (Å²) in [6.45, 7) is 2.12. The Labute approximate surface area is 179 Å². The normalized spacial score (nSPS) is 10.6. The SMILES string of the molecule is CCc1ccc(-c2csc(NC(=O)c3ccc(C(=O)c4ccccc4)cc3)n2)cc1. The van der Waals surface area contributed by atoms with Gasteiger partial charge in [0.05, 0.1) is 5.69 Å². The van der Waals surface area contributed by atoms with E-state index in [2.05, 4.69) is 29.4 Å². The maximum atomic E-state index is 12.6. The second-order valence-corrected chi connectivity index (χ2v) is 7.67. The van der Waals surface area contributed by atoms with Crippen LogP contribution in [0, 0.1) is 0 Å². The molecule has 30 heavy (non-hydrogen) atoms. The molecule has 0 saturated heterocycles. The van der Waals surface area contributed by atoms with Crippen molar-refractivity contribution in [3.63, 3.8) is 0 Å². The Bertz CT molecular complexity index is 1160. The lowest BCUT2D eigenvalue weighted by atomic mass is 10.0. The first-order valence-electron chi connectivity index (χ1n) is 9.70. The molecule has 4 nitrogen and oxygen atoms in total. The summed E-state index contributed by atoms with van der Waals surface area (Å²) in [6, 6.07) is 24.0. The van der Waals surface area contributed by atoms with Crippen molar-refractivity contribution in [1.29, 1.82) is 0 Å². The summed E-state index contributed by atoms with van der Waals surface area (Å²) < 4.78 is 0. The molecule has 0 saturated carbocycles. The van der Waals surface area contributed by atoms with Crippen molar-refractivity contribution in [2.75, 3.05) is 5.32 Å². The second kappa shape index (κ2) is 8.84. The van der Waals surface area contributed by atoms with Gasteiger partial charge >= 0.3 is 0 Å². The van der Waals surface area contributed by atoms with Crippen molar-refractivity contribution in [3.8, 4) is 11.3 Å². The molecule has 0 unspecified atom stereocenters. The number of ketones is 1. The number of rotatable bonds is 6. The topological polar surface area (TPSA) is 59.1 Å². The number of benzene rings is 3. The van der Waals surface area contributed by atoms with Crippen molar-refractivity contribution >= 4 is 28.2 Å². The highest BCUT2D eigenvalue weighted by atomic mass is 32.1. The first-order chi connectivity index (χ1) is 14.6. The lowest BCUT2D eigenvalue weighted by Crippen LogP contribution is -2.12. The zero-order valence-corrected chi connectivity index (χ0v) is 17.3. The molecule has 0 fully saturated rings. The van der Waals surface area contributed by atoms with Gasteiger partial charge in [-0.25, -0.2) is 4.98 Å². The third-order valence-electron chi connectivity index (χ3n) is 4.83. The van der Waals surface area contributed by atoms with Crippen molar-refractivity contribution in [1.82, 2.24) is 4.98 Å². The minimum Gasteiger partial charge on any atom is -0.298 e. The fourth-order valence-electron chi connectivity index (χ4n) is 3.07. The predicted molar refractivity (Wildman–Crippen MR) is 121 cm³/mol. The van der Waals surface area contributed by atoms with E-state index in [9.17, 15) is 9.59 Å².